The summed E-state index contributed by atoms with van der Waals surface area (Å²) in [5.74, 6) is 0.474. The third kappa shape index (κ3) is 4.24. The summed E-state index contributed by atoms with van der Waals surface area (Å²) < 4.78 is 0. The lowest BCUT2D eigenvalue weighted by molar-refractivity contribution is 0.590. The third-order valence-electron chi connectivity index (χ3n) is 12.4. The normalized spacial score (nSPS) is 14.2. The molecule has 7 aromatic carbocycles. The molecule has 0 spiro atoms. The fraction of sp³-hybridized carbons (Fsp3) is 0.143. The van der Waals surface area contributed by atoms with Gasteiger partial charge in [0.05, 0.1) is 0 Å². The Morgan fingerprint density at radius 3 is 1.57 bits per heavy atom. The third-order valence-corrected chi connectivity index (χ3v) is 12.4. The van der Waals surface area contributed by atoms with Gasteiger partial charge in [0.15, 0.2) is 0 Å². The molecule has 4 aliphatic heterocycles. The molecule has 0 saturated heterocycles. The SMILES string of the molecule is CC(C)c1ccc(N2c3cc4c(cc3B3c5ccc(C(C)(C)C)cc5-c5cccc2c53)N(c2ccccc2)c2cccc3c2B4c2ccccc2-3)cc1. The lowest BCUT2D eigenvalue weighted by Gasteiger charge is -2.41. The van der Waals surface area contributed by atoms with Crippen molar-refractivity contribution in [2.75, 3.05) is 9.80 Å². The highest BCUT2D eigenvalue weighted by atomic mass is 15.2. The number of hydrogen-bond donors (Lipinski definition) is 0. The molecule has 7 aromatic rings. The second kappa shape index (κ2) is 10.9. The van der Waals surface area contributed by atoms with E-state index in [1.807, 2.05) is 0 Å². The van der Waals surface area contributed by atoms with Gasteiger partial charge < -0.3 is 9.80 Å². The predicted molar refractivity (Wildman–Crippen MR) is 229 cm³/mol. The van der Waals surface area contributed by atoms with E-state index in [4.69, 9.17) is 0 Å². The summed E-state index contributed by atoms with van der Waals surface area (Å²) in [4.78, 5) is 5.11. The minimum Gasteiger partial charge on any atom is -0.312 e. The molecule has 0 atom stereocenters. The molecule has 4 heterocycles. The standard InChI is InChI=1S/C49H40B2N2/c1-30(2)31-21-24-34(25-22-31)53-44-20-12-17-37-38-27-32(49(3,4)5)23-26-40(38)51(48(37)44)42-29-45-41(28-46(42)53)50-39-18-10-9-15-35(39)36-16-11-19-43(47(36)50)52(45)33-13-7-6-8-14-33/h6-30H,1-5H3. The van der Waals surface area contributed by atoms with E-state index in [1.165, 1.54) is 100 Å². The van der Waals surface area contributed by atoms with Crippen molar-refractivity contribution in [3.05, 3.63) is 157 Å². The molecule has 53 heavy (non-hydrogen) atoms. The quantitative estimate of drug-likeness (QED) is 0.173. The van der Waals surface area contributed by atoms with Crippen LogP contribution >= 0.6 is 0 Å². The first kappa shape index (κ1) is 30.9. The highest BCUT2D eigenvalue weighted by Crippen LogP contribution is 2.45. The molecular formula is C49H40B2N2. The molecule has 2 nitrogen and oxygen atoms in total. The molecule has 0 N–H and O–H groups in total. The molecule has 0 radical (unpaired) electrons. The number of benzene rings is 7. The Kier molecular flexibility index (Phi) is 6.35. The maximum atomic E-state index is 2.57. The van der Waals surface area contributed by atoms with Gasteiger partial charge in [-0.1, -0.05) is 143 Å². The summed E-state index contributed by atoms with van der Waals surface area (Å²) in [6, 6.07) is 55.7. The molecule has 0 amide bonds. The molecule has 0 unspecified atom stereocenters. The number of nitrogens with zero attached hydrogens (tertiary/aromatic N) is 2. The molecular weight excluding hydrogens is 638 g/mol. The highest BCUT2D eigenvalue weighted by Gasteiger charge is 2.47. The zero-order chi connectivity index (χ0) is 35.7. The fourth-order valence-electron chi connectivity index (χ4n) is 9.89. The molecule has 4 aliphatic rings. The van der Waals surface area contributed by atoms with Crippen molar-refractivity contribution in [1.29, 1.82) is 0 Å². The first-order valence-corrected chi connectivity index (χ1v) is 19.2. The molecule has 0 fully saturated rings. The van der Waals surface area contributed by atoms with Crippen LogP contribution < -0.4 is 42.6 Å². The highest BCUT2D eigenvalue weighted by molar-refractivity contribution is 7.03. The maximum absolute atomic E-state index is 2.57. The number of rotatable bonds is 3. The fourth-order valence-corrected chi connectivity index (χ4v) is 9.89. The zero-order valence-electron chi connectivity index (χ0n) is 31.0. The van der Waals surface area contributed by atoms with Crippen molar-refractivity contribution >= 4 is 80.3 Å². The van der Waals surface area contributed by atoms with Gasteiger partial charge in [0.25, 0.3) is 0 Å². The second-order valence-electron chi connectivity index (χ2n) is 16.7. The van der Waals surface area contributed by atoms with E-state index >= 15 is 0 Å². The topological polar surface area (TPSA) is 6.48 Å². The van der Waals surface area contributed by atoms with Crippen LogP contribution in [-0.4, -0.2) is 13.4 Å². The Labute approximate surface area is 313 Å². The Bertz CT molecular complexity index is 2650. The van der Waals surface area contributed by atoms with Gasteiger partial charge in [-0.3, -0.25) is 0 Å². The summed E-state index contributed by atoms with van der Waals surface area (Å²) in [6.45, 7) is 11.8. The Morgan fingerprint density at radius 1 is 0.434 bits per heavy atom. The van der Waals surface area contributed by atoms with E-state index in [-0.39, 0.29) is 18.8 Å². The van der Waals surface area contributed by atoms with Crippen LogP contribution in [0.25, 0.3) is 22.3 Å². The van der Waals surface area contributed by atoms with E-state index in [0.717, 1.165) is 0 Å². The summed E-state index contributed by atoms with van der Waals surface area (Å²) >= 11 is 0. The molecule has 11 rings (SSSR count). The number of anilines is 6. The van der Waals surface area contributed by atoms with E-state index in [1.54, 1.807) is 0 Å². The predicted octanol–water partition coefficient (Wildman–Crippen LogP) is 8.67. The van der Waals surface area contributed by atoms with Gasteiger partial charge >= 0.3 is 0 Å². The van der Waals surface area contributed by atoms with Crippen LogP contribution in [-0.2, 0) is 5.41 Å². The van der Waals surface area contributed by atoms with Crippen LogP contribution in [0.2, 0.25) is 0 Å². The van der Waals surface area contributed by atoms with Crippen molar-refractivity contribution in [3.8, 4) is 22.3 Å². The summed E-state index contributed by atoms with van der Waals surface area (Å²) in [7, 11) is 0. The molecule has 0 aliphatic carbocycles. The molecule has 252 valence electrons. The van der Waals surface area contributed by atoms with Gasteiger partial charge in [0.1, 0.15) is 0 Å². The minimum absolute atomic E-state index is 0.0618. The zero-order valence-corrected chi connectivity index (χ0v) is 31.0. The van der Waals surface area contributed by atoms with E-state index < -0.39 is 0 Å². The van der Waals surface area contributed by atoms with Crippen molar-refractivity contribution in [1.82, 2.24) is 0 Å². The van der Waals surface area contributed by atoms with E-state index in [0.29, 0.717) is 5.92 Å². The molecule has 0 saturated carbocycles. The van der Waals surface area contributed by atoms with Gasteiger partial charge in [-0.25, -0.2) is 0 Å². The van der Waals surface area contributed by atoms with E-state index in [2.05, 4.69) is 190 Å². The molecule has 0 aromatic heterocycles. The van der Waals surface area contributed by atoms with Crippen LogP contribution in [0.5, 0.6) is 0 Å². The van der Waals surface area contributed by atoms with Crippen molar-refractivity contribution in [2.45, 2.75) is 46.0 Å². The van der Waals surface area contributed by atoms with Crippen LogP contribution in [0.4, 0.5) is 34.1 Å². The second-order valence-corrected chi connectivity index (χ2v) is 16.7. The van der Waals surface area contributed by atoms with Crippen molar-refractivity contribution < 1.29 is 0 Å². The van der Waals surface area contributed by atoms with Crippen LogP contribution in [0.3, 0.4) is 0 Å². The molecule has 4 heteroatoms. The largest absolute Gasteiger partial charge is 0.312 e. The first-order chi connectivity index (χ1) is 25.8. The van der Waals surface area contributed by atoms with Crippen LogP contribution in [0.1, 0.15) is 51.7 Å². The molecule has 0 bridgehead atoms. The van der Waals surface area contributed by atoms with Crippen molar-refractivity contribution in [3.63, 3.8) is 0 Å². The smallest absolute Gasteiger partial charge is 0.248 e. The summed E-state index contributed by atoms with van der Waals surface area (Å²) in [6.07, 6.45) is 0. The number of hydrogen-bond acceptors (Lipinski definition) is 2. The van der Waals surface area contributed by atoms with Gasteiger partial charge in [0, 0.05) is 34.1 Å². The average Bonchev–Trinajstić information content (AvgIpc) is 3.69. The van der Waals surface area contributed by atoms with Crippen molar-refractivity contribution in [2.24, 2.45) is 0 Å². The van der Waals surface area contributed by atoms with Crippen LogP contribution in [0, 0.1) is 0 Å². The summed E-state index contributed by atoms with van der Waals surface area (Å²) in [5, 5.41) is 0. The maximum Gasteiger partial charge on any atom is 0.248 e. The first-order valence-electron chi connectivity index (χ1n) is 19.2. The monoisotopic (exact) mass is 678 g/mol. The number of para-hydroxylation sites is 1. The Morgan fingerprint density at radius 2 is 0.962 bits per heavy atom. The lowest BCUT2D eigenvalue weighted by atomic mass is 9.34. The van der Waals surface area contributed by atoms with Gasteiger partial charge in [0.2, 0.25) is 13.4 Å². The Hall–Kier alpha value is -5.73. The van der Waals surface area contributed by atoms with Gasteiger partial charge in [-0.15, -0.1) is 0 Å². The Balaban J connectivity index is 1.24. The van der Waals surface area contributed by atoms with Gasteiger partial charge in [-0.2, -0.15) is 0 Å². The van der Waals surface area contributed by atoms with E-state index in [9.17, 15) is 0 Å². The number of fused-ring (bicyclic) bond motifs is 10. The lowest BCUT2D eigenvalue weighted by Crippen LogP contribution is -2.58. The average molecular weight is 678 g/mol. The van der Waals surface area contributed by atoms with Gasteiger partial charge in [-0.05, 0) is 115 Å². The van der Waals surface area contributed by atoms with Crippen LogP contribution in [0.15, 0.2) is 146 Å². The minimum atomic E-state index is 0.0618. The summed E-state index contributed by atoms with van der Waals surface area (Å²) in [5.41, 5.74) is 24.1.